The molecule has 0 radical (unpaired) electrons. The van der Waals surface area contributed by atoms with E-state index in [9.17, 15) is 23.2 Å². The second kappa shape index (κ2) is 5.02. The highest BCUT2D eigenvalue weighted by Crippen LogP contribution is 2.39. The number of ketones is 1. The molecule has 3 rings (SSSR count). The molecule has 110 valence electrons. The molecular formula is C15H13F2NO3. The van der Waals surface area contributed by atoms with Gasteiger partial charge in [-0.05, 0) is 25.0 Å². The summed E-state index contributed by atoms with van der Waals surface area (Å²) in [5, 5.41) is 0. The highest BCUT2D eigenvalue weighted by molar-refractivity contribution is 6.10. The van der Waals surface area contributed by atoms with E-state index in [4.69, 9.17) is 0 Å². The third kappa shape index (κ3) is 2.14. The first-order chi connectivity index (χ1) is 10.0. The van der Waals surface area contributed by atoms with Crippen molar-refractivity contribution in [2.24, 2.45) is 11.8 Å². The Labute approximate surface area is 119 Å². The Balaban J connectivity index is 1.83. The molecule has 1 aromatic rings. The summed E-state index contributed by atoms with van der Waals surface area (Å²) in [5.41, 5.74) is -0.699. The summed E-state index contributed by atoms with van der Waals surface area (Å²) in [4.78, 5) is 37.1. The summed E-state index contributed by atoms with van der Waals surface area (Å²) in [6, 6.07) is 3.09. The van der Waals surface area contributed by atoms with Crippen LogP contribution < -0.4 is 0 Å². The molecule has 2 atom stereocenters. The van der Waals surface area contributed by atoms with Crippen LogP contribution in [0.5, 0.6) is 0 Å². The molecular weight excluding hydrogens is 280 g/mol. The van der Waals surface area contributed by atoms with Crippen LogP contribution in [-0.4, -0.2) is 29.0 Å². The fraction of sp³-hybridized carbons (Fsp3) is 0.400. The van der Waals surface area contributed by atoms with Gasteiger partial charge in [-0.3, -0.25) is 19.3 Å². The lowest BCUT2D eigenvalue weighted by Gasteiger charge is -2.15. The van der Waals surface area contributed by atoms with Crippen LogP contribution in [0.15, 0.2) is 18.2 Å². The van der Waals surface area contributed by atoms with E-state index in [1.54, 1.807) is 0 Å². The quantitative estimate of drug-likeness (QED) is 0.632. The molecule has 0 bridgehead atoms. The Morgan fingerprint density at radius 1 is 1.10 bits per heavy atom. The number of rotatable bonds is 3. The highest BCUT2D eigenvalue weighted by atomic mass is 19.1. The van der Waals surface area contributed by atoms with Gasteiger partial charge in [0.25, 0.3) is 0 Å². The zero-order valence-electron chi connectivity index (χ0n) is 11.1. The molecule has 1 aliphatic heterocycles. The SMILES string of the molecule is O=C(CN1C(=O)C2CCCC2C1=O)c1c(F)cccc1F. The van der Waals surface area contributed by atoms with Crippen molar-refractivity contribution in [1.29, 1.82) is 0 Å². The van der Waals surface area contributed by atoms with Gasteiger partial charge in [0.15, 0.2) is 5.78 Å². The predicted molar refractivity (Wildman–Crippen MR) is 68.2 cm³/mol. The largest absolute Gasteiger partial charge is 0.292 e. The molecule has 2 aliphatic rings. The minimum atomic E-state index is -0.987. The van der Waals surface area contributed by atoms with E-state index in [0.717, 1.165) is 29.5 Å². The minimum absolute atomic E-state index is 0.365. The zero-order valence-corrected chi connectivity index (χ0v) is 11.1. The van der Waals surface area contributed by atoms with Crippen molar-refractivity contribution in [1.82, 2.24) is 4.90 Å². The molecule has 6 heteroatoms. The van der Waals surface area contributed by atoms with E-state index in [1.807, 2.05) is 0 Å². The van der Waals surface area contributed by atoms with Crippen molar-refractivity contribution in [3.63, 3.8) is 0 Å². The number of carbonyl (C=O) groups is 3. The van der Waals surface area contributed by atoms with Crippen LogP contribution in [0.4, 0.5) is 8.78 Å². The number of fused-ring (bicyclic) bond motifs is 1. The molecule has 1 saturated carbocycles. The number of benzene rings is 1. The average Bonchev–Trinajstić information content (AvgIpc) is 2.99. The molecule has 0 aromatic heterocycles. The molecule has 1 heterocycles. The van der Waals surface area contributed by atoms with Crippen LogP contribution in [-0.2, 0) is 9.59 Å². The number of likely N-dealkylation sites (tertiary alicyclic amines) is 1. The van der Waals surface area contributed by atoms with Crippen molar-refractivity contribution >= 4 is 17.6 Å². The Bertz CT molecular complexity index is 602. The maximum absolute atomic E-state index is 13.6. The van der Waals surface area contributed by atoms with Crippen molar-refractivity contribution in [3.8, 4) is 0 Å². The molecule has 2 amide bonds. The topological polar surface area (TPSA) is 54.5 Å². The summed E-state index contributed by atoms with van der Waals surface area (Å²) >= 11 is 0. The number of carbonyl (C=O) groups excluding carboxylic acids is 3. The van der Waals surface area contributed by atoms with Crippen molar-refractivity contribution in [2.45, 2.75) is 19.3 Å². The van der Waals surface area contributed by atoms with Crippen LogP contribution in [0.2, 0.25) is 0 Å². The molecule has 0 N–H and O–H groups in total. The van der Waals surface area contributed by atoms with Crippen LogP contribution in [0.25, 0.3) is 0 Å². The first-order valence-electron chi connectivity index (χ1n) is 6.83. The number of hydrogen-bond donors (Lipinski definition) is 0. The molecule has 2 unspecified atom stereocenters. The van der Waals surface area contributed by atoms with E-state index < -0.39 is 41.3 Å². The molecule has 1 aliphatic carbocycles. The van der Waals surface area contributed by atoms with E-state index in [0.29, 0.717) is 12.8 Å². The molecule has 0 spiro atoms. The number of nitrogens with zero attached hydrogens (tertiary/aromatic N) is 1. The normalized spacial score (nSPS) is 24.6. The molecule has 2 fully saturated rings. The van der Waals surface area contributed by atoms with Gasteiger partial charge in [0.2, 0.25) is 11.8 Å². The van der Waals surface area contributed by atoms with Crippen LogP contribution >= 0.6 is 0 Å². The maximum Gasteiger partial charge on any atom is 0.233 e. The van der Waals surface area contributed by atoms with E-state index in [1.165, 1.54) is 0 Å². The third-order valence-corrected chi connectivity index (χ3v) is 4.23. The van der Waals surface area contributed by atoms with Gasteiger partial charge in [-0.1, -0.05) is 12.5 Å². The second-order valence-corrected chi connectivity index (χ2v) is 5.43. The Morgan fingerprint density at radius 3 is 2.14 bits per heavy atom. The van der Waals surface area contributed by atoms with Gasteiger partial charge in [-0.25, -0.2) is 8.78 Å². The van der Waals surface area contributed by atoms with Crippen molar-refractivity contribution < 1.29 is 23.2 Å². The van der Waals surface area contributed by atoms with Crippen LogP contribution in [0.3, 0.4) is 0 Å². The van der Waals surface area contributed by atoms with Crippen LogP contribution in [0.1, 0.15) is 29.6 Å². The Kier molecular flexibility index (Phi) is 3.31. The lowest BCUT2D eigenvalue weighted by Crippen LogP contribution is -2.37. The first-order valence-corrected chi connectivity index (χ1v) is 6.83. The Morgan fingerprint density at radius 2 is 1.62 bits per heavy atom. The van der Waals surface area contributed by atoms with Crippen molar-refractivity contribution in [3.05, 3.63) is 35.4 Å². The molecule has 21 heavy (non-hydrogen) atoms. The first kappa shape index (κ1) is 13.9. The van der Waals surface area contributed by atoms with E-state index in [-0.39, 0.29) is 11.8 Å². The van der Waals surface area contributed by atoms with Crippen molar-refractivity contribution in [2.75, 3.05) is 6.54 Å². The molecule has 1 saturated heterocycles. The van der Waals surface area contributed by atoms with E-state index >= 15 is 0 Å². The van der Waals surface area contributed by atoms with E-state index in [2.05, 4.69) is 0 Å². The lowest BCUT2D eigenvalue weighted by molar-refractivity contribution is -0.139. The van der Waals surface area contributed by atoms with Gasteiger partial charge in [0.1, 0.15) is 11.6 Å². The summed E-state index contributed by atoms with van der Waals surface area (Å²) in [6.07, 6.45) is 2.08. The third-order valence-electron chi connectivity index (χ3n) is 4.23. The number of imide groups is 1. The monoisotopic (exact) mass is 293 g/mol. The summed E-state index contributed by atoms with van der Waals surface area (Å²) in [6.45, 7) is -0.595. The average molecular weight is 293 g/mol. The summed E-state index contributed by atoms with van der Waals surface area (Å²) < 4.78 is 27.1. The lowest BCUT2D eigenvalue weighted by atomic mass is 10.00. The smallest absolute Gasteiger partial charge is 0.233 e. The standard InChI is InChI=1S/C15H13F2NO3/c16-10-5-2-6-11(17)13(10)12(19)7-18-14(20)8-3-1-4-9(8)15(18)21/h2,5-6,8-9H,1,3-4,7H2. The minimum Gasteiger partial charge on any atom is -0.292 e. The predicted octanol–water partition coefficient (Wildman–Crippen LogP) is 1.93. The Hall–Kier alpha value is -2.11. The number of halogens is 2. The van der Waals surface area contributed by atoms with Crippen LogP contribution in [0, 0.1) is 23.5 Å². The maximum atomic E-state index is 13.6. The summed E-state index contributed by atoms with van der Waals surface area (Å²) in [7, 11) is 0. The highest BCUT2D eigenvalue weighted by Gasteiger charge is 2.50. The van der Waals surface area contributed by atoms with Gasteiger partial charge in [0, 0.05) is 0 Å². The number of hydrogen-bond acceptors (Lipinski definition) is 3. The second-order valence-electron chi connectivity index (χ2n) is 5.43. The molecule has 1 aromatic carbocycles. The van der Waals surface area contributed by atoms with Gasteiger partial charge in [-0.15, -0.1) is 0 Å². The summed E-state index contributed by atoms with van der Waals surface area (Å²) in [5.74, 6) is -4.39. The number of Topliss-reactive ketones (excluding diaryl/α,β-unsaturated/α-hetero) is 1. The molecule has 4 nitrogen and oxygen atoms in total. The zero-order chi connectivity index (χ0) is 15.1. The van der Waals surface area contributed by atoms with Gasteiger partial charge in [0.05, 0.1) is 23.9 Å². The van der Waals surface area contributed by atoms with Gasteiger partial charge >= 0.3 is 0 Å². The number of amides is 2. The van der Waals surface area contributed by atoms with Gasteiger partial charge in [-0.2, -0.15) is 0 Å². The fourth-order valence-corrected chi connectivity index (χ4v) is 3.20. The fourth-order valence-electron chi connectivity index (χ4n) is 3.20. The van der Waals surface area contributed by atoms with Gasteiger partial charge < -0.3 is 0 Å².